The van der Waals surface area contributed by atoms with Gasteiger partial charge in [-0.1, -0.05) is 12.1 Å². The van der Waals surface area contributed by atoms with Gasteiger partial charge in [-0.2, -0.15) is 0 Å². The Bertz CT molecular complexity index is 515. The minimum absolute atomic E-state index is 0.658. The maximum atomic E-state index is 5.19. The molecule has 1 aromatic carbocycles. The van der Waals surface area contributed by atoms with Gasteiger partial charge in [-0.3, -0.25) is 0 Å². The Morgan fingerprint density at radius 1 is 1.30 bits per heavy atom. The average Bonchev–Trinajstić information content (AvgIpc) is 2.95. The van der Waals surface area contributed by atoms with Gasteiger partial charge in [-0.05, 0) is 36.5 Å². The van der Waals surface area contributed by atoms with E-state index in [0.717, 1.165) is 18.8 Å². The molecule has 0 saturated heterocycles. The first-order valence-electron chi connectivity index (χ1n) is 7.18. The van der Waals surface area contributed by atoms with E-state index in [4.69, 9.17) is 4.74 Å². The van der Waals surface area contributed by atoms with E-state index in [1.807, 2.05) is 18.7 Å². The van der Waals surface area contributed by atoms with E-state index in [1.165, 1.54) is 18.4 Å². The summed E-state index contributed by atoms with van der Waals surface area (Å²) in [6, 6.07) is 9.13. The van der Waals surface area contributed by atoms with Gasteiger partial charge < -0.3 is 14.6 Å². The molecule has 0 aliphatic heterocycles. The van der Waals surface area contributed by atoms with E-state index in [1.54, 1.807) is 7.11 Å². The Morgan fingerprint density at radius 2 is 2.10 bits per heavy atom. The highest BCUT2D eigenvalue weighted by Gasteiger charge is 2.29. The van der Waals surface area contributed by atoms with Gasteiger partial charge in [0.2, 0.25) is 0 Å². The zero-order chi connectivity index (χ0) is 13.8. The van der Waals surface area contributed by atoms with Crippen LogP contribution in [0.2, 0.25) is 0 Å². The number of methoxy groups -OCH3 is 1. The van der Waals surface area contributed by atoms with Crippen molar-refractivity contribution in [1.29, 1.82) is 0 Å². The SMILES string of the molecule is COc1ccc(C2CC(NCCn3ccnc3)C2)cc1. The summed E-state index contributed by atoms with van der Waals surface area (Å²) in [4.78, 5) is 4.04. The maximum absolute atomic E-state index is 5.19. The molecule has 1 aromatic heterocycles. The Kier molecular flexibility index (Phi) is 4.02. The molecule has 1 aliphatic rings. The molecule has 1 heterocycles. The molecule has 1 N–H and O–H groups in total. The molecular weight excluding hydrogens is 250 g/mol. The normalized spacial score (nSPS) is 21.4. The lowest BCUT2D eigenvalue weighted by Gasteiger charge is -2.36. The van der Waals surface area contributed by atoms with Crippen LogP contribution in [-0.4, -0.2) is 29.2 Å². The van der Waals surface area contributed by atoms with Crippen LogP contribution >= 0.6 is 0 Å². The minimum Gasteiger partial charge on any atom is -0.497 e. The van der Waals surface area contributed by atoms with Crippen LogP contribution in [-0.2, 0) is 6.54 Å². The van der Waals surface area contributed by atoms with E-state index in [2.05, 4.69) is 39.1 Å². The minimum atomic E-state index is 0.658. The molecule has 0 bridgehead atoms. The number of hydrogen-bond acceptors (Lipinski definition) is 3. The van der Waals surface area contributed by atoms with Gasteiger partial charge in [0, 0.05) is 31.5 Å². The zero-order valence-electron chi connectivity index (χ0n) is 11.8. The van der Waals surface area contributed by atoms with E-state index >= 15 is 0 Å². The molecule has 3 rings (SSSR count). The molecule has 1 saturated carbocycles. The average molecular weight is 271 g/mol. The van der Waals surface area contributed by atoms with Gasteiger partial charge in [-0.25, -0.2) is 4.98 Å². The van der Waals surface area contributed by atoms with Crippen LogP contribution in [0.25, 0.3) is 0 Å². The summed E-state index contributed by atoms with van der Waals surface area (Å²) in [5.74, 6) is 1.63. The van der Waals surface area contributed by atoms with E-state index < -0.39 is 0 Å². The summed E-state index contributed by atoms with van der Waals surface area (Å²) >= 11 is 0. The van der Waals surface area contributed by atoms with Crippen molar-refractivity contribution in [3.8, 4) is 5.75 Å². The summed E-state index contributed by atoms with van der Waals surface area (Å²) < 4.78 is 7.29. The van der Waals surface area contributed by atoms with E-state index in [9.17, 15) is 0 Å². The molecule has 0 radical (unpaired) electrons. The van der Waals surface area contributed by atoms with E-state index in [0.29, 0.717) is 12.0 Å². The highest BCUT2D eigenvalue weighted by Crippen LogP contribution is 2.37. The Morgan fingerprint density at radius 3 is 2.75 bits per heavy atom. The number of benzene rings is 1. The third-order valence-corrected chi connectivity index (χ3v) is 4.09. The number of nitrogens with one attached hydrogen (secondary N) is 1. The van der Waals surface area contributed by atoms with Crippen LogP contribution in [0.1, 0.15) is 24.3 Å². The monoisotopic (exact) mass is 271 g/mol. The standard InChI is InChI=1S/C16H21N3O/c1-20-16-4-2-13(3-5-16)14-10-15(11-14)18-7-9-19-8-6-17-12-19/h2-6,8,12,14-15,18H,7,9-11H2,1H3. The first-order valence-corrected chi connectivity index (χ1v) is 7.18. The topological polar surface area (TPSA) is 39.1 Å². The van der Waals surface area contributed by atoms with Crippen molar-refractivity contribution in [2.75, 3.05) is 13.7 Å². The Labute approximate surface area is 119 Å². The van der Waals surface area contributed by atoms with Crippen LogP contribution < -0.4 is 10.1 Å². The summed E-state index contributed by atoms with van der Waals surface area (Å²) in [5.41, 5.74) is 1.43. The quantitative estimate of drug-likeness (QED) is 0.877. The molecule has 4 nitrogen and oxygen atoms in total. The van der Waals surface area contributed by atoms with Crippen molar-refractivity contribution in [3.63, 3.8) is 0 Å². The lowest BCUT2D eigenvalue weighted by Crippen LogP contribution is -2.41. The van der Waals surface area contributed by atoms with Crippen molar-refractivity contribution < 1.29 is 4.74 Å². The van der Waals surface area contributed by atoms with E-state index in [-0.39, 0.29) is 0 Å². The second kappa shape index (κ2) is 6.09. The maximum Gasteiger partial charge on any atom is 0.118 e. The molecule has 1 fully saturated rings. The molecule has 2 aromatic rings. The number of aromatic nitrogens is 2. The number of nitrogens with zero attached hydrogens (tertiary/aromatic N) is 2. The van der Waals surface area contributed by atoms with Gasteiger partial charge in [0.15, 0.2) is 0 Å². The van der Waals surface area contributed by atoms with Crippen molar-refractivity contribution in [1.82, 2.24) is 14.9 Å². The number of ether oxygens (including phenoxy) is 1. The predicted octanol–water partition coefficient (Wildman–Crippen LogP) is 2.43. The fourth-order valence-corrected chi connectivity index (χ4v) is 2.75. The van der Waals surface area contributed by atoms with Crippen molar-refractivity contribution in [3.05, 3.63) is 48.5 Å². The lowest BCUT2D eigenvalue weighted by molar-refractivity contribution is 0.288. The first-order chi connectivity index (χ1) is 9.85. The highest BCUT2D eigenvalue weighted by molar-refractivity contribution is 5.30. The Balaban J connectivity index is 1.39. The second-order valence-corrected chi connectivity index (χ2v) is 5.39. The number of hydrogen-bond donors (Lipinski definition) is 1. The summed E-state index contributed by atoms with van der Waals surface area (Å²) in [6.45, 7) is 2.00. The van der Waals surface area contributed by atoms with Crippen LogP contribution in [0.15, 0.2) is 43.0 Å². The van der Waals surface area contributed by atoms with Gasteiger partial charge in [0.25, 0.3) is 0 Å². The summed E-state index contributed by atoms with van der Waals surface area (Å²) in [7, 11) is 1.71. The molecule has 0 atom stereocenters. The largest absolute Gasteiger partial charge is 0.497 e. The van der Waals surface area contributed by atoms with Gasteiger partial charge in [0.1, 0.15) is 5.75 Å². The molecular formula is C16H21N3O. The lowest BCUT2D eigenvalue weighted by atomic mass is 9.76. The highest BCUT2D eigenvalue weighted by atomic mass is 16.5. The van der Waals surface area contributed by atoms with Crippen LogP contribution in [0.5, 0.6) is 5.75 Å². The van der Waals surface area contributed by atoms with Crippen LogP contribution in [0.4, 0.5) is 0 Å². The van der Waals surface area contributed by atoms with Crippen molar-refractivity contribution >= 4 is 0 Å². The molecule has 20 heavy (non-hydrogen) atoms. The fourth-order valence-electron chi connectivity index (χ4n) is 2.75. The third-order valence-electron chi connectivity index (χ3n) is 4.09. The predicted molar refractivity (Wildman–Crippen MR) is 79.0 cm³/mol. The van der Waals surface area contributed by atoms with Gasteiger partial charge in [-0.15, -0.1) is 0 Å². The van der Waals surface area contributed by atoms with Gasteiger partial charge >= 0.3 is 0 Å². The zero-order valence-corrected chi connectivity index (χ0v) is 11.8. The molecule has 0 unspecified atom stereocenters. The van der Waals surface area contributed by atoms with Gasteiger partial charge in [0.05, 0.1) is 13.4 Å². The molecule has 4 heteroatoms. The number of rotatable bonds is 6. The Hall–Kier alpha value is -1.81. The molecule has 1 aliphatic carbocycles. The summed E-state index contributed by atoms with van der Waals surface area (Å²) in [6.07, 6.45) is 8.15. The smallest absolute Gasteiger partial charge is 0.118 e. The summed E-state index contributed by atoms with van der Waals surface area (Å²) in [5, 5.41) is 3.61. The van der Waals surface area contributed by atoms with Crippen molar-refractivity contribution in [2.45, 2.75) is 31.3 Å². The first kappa shape index (κ1) is 13.2. The molecule has 0 spiro atoms. The number of imidazole rings is 1. The second-order valence-electron chi connectivity index (χ2n) is 5.39. The fraction of sp³-hybridized carbons (Fsp3) is 0.438. The van der Waals surface area contributed by atoms with Crippen LogP contribution in [0, 0.1) is 0 Å². The molecule has 106 valence electrons. The molecule has 0 amide bonds. The van der Waals surface area contributed by atoms with Crippen molar-refractivity contribution in [2.24, 2.45) is 0 Å². The third kappa shape index (κ3) is 3.02. The van der Waals surface area contributed by atoms with Crippen LogP contribution in [0.3, 0.4) is 0 Å².